The Hall–Kier alpha value is -2.55. The SMILES string of the molecule is C[C@H](Nc1nccc([C@@H]2C(=O)NCC2[C@H](C)O)n1)c1cnc(-c2ccc(Cl)cc2)s1. The predicted octanol–water partition coefficient (Wildman–Crippen LogP) is 3.64. The summed E-state index contributed by atoms with van der Waals surface area (Å²) in [5.41, 5.74) is 1.62. The first kappa shape index (κ1) is 20.7. The summed E-state index contributed by atoms with van der Waals surface area (Å²) in [4.78, 5) is 26.7. The van der Waals surface area contributed by atoms with Gasteiger partial charge in [-0.1, -0.05) is 23.7 Å². The van der Waals surface area contributed by atoms with Gasteiger partial charge in [-0.15, -0.1) is 11.3 Å². The number of aromatic nitrogens is 3. The maximum atomic E-state index is 12.3. The van der Waals surface area contributed by atoms with E-state index < -0.39 is 12.0 Å². The number of thiazole rings is 1. The summed E-state index contributed by atoms with van der Waals surface area (Å²) in [7, 11) is 0. The van der Waals surface area contributed by atoms with Crippen molar-refractivity contribution in [3.05, 3.63) is 58.3 Å². The molecule has 1 amide bonds. The van der Waals surface area contributed by atoms with E-state index >= 15 is 0 Å². The first-order valence-corrected chi connectivity index (χ1v) is 10.9. The van der Waals surface area contributed by atoms with Crippen LogP contribution in [0.2, 0.25) is 5.02 Å². The number of aliphatic hydroxyl groups is 1. The summed E-state index contributed by atoms with van der Waals surface area (Å²) in [5.74, 6) is -0.371. The fraction of sp³-hybridized carbons (Fsp3) is 0.333. The Morgan fingerprint density at radius 1 is 1.23 bits per heavy atom. The molecule has 0 bridgehead atoms. The van der Waals surface area contributed by atoms with Gasteiger partial charge in [-0.25, -0.2) is 15.0 Å². The van der Waals surface area contributed by atoms with E-state index in [-0.39, 0.29) is 17.9 Å². The second-order valence-corrected chi connectivity index (χ2v) is 8.87. The van der Waals surface area contributed by atoms with Crippen molar-refractivity contribution in [3.8, 4) is 10.6 Å². The van der Waals surface area contributed by atoms with Crippen molar-refractivity contribution in [2.24, 2.45) is 5.92 Å². The third kappa shape index (κ3) is 4.30. The van der Waals surface area contributed by atoms with E-state index in [4.69, 9.17) is 11.6 Å². The molecule has 4 rings (SSSR count). The van der Waals surface area contributed by atoms with Crippen LogP contribution >= 0.6 is 22.9 Å². The Balaban J connectivity index is 1.50. The number of rotatable bonds is 6. The number of hydrogen-bond acceptors (Lipinski definition) is 7. The van der Waals surface area contributed by atoms with Crippen molar-refractivity contribution >= 4 is 34.8 Å². The highest BCUT2D eigenvalue weighted by Crippen LogP contribution is 2.32. The molecule has 1 aliphatic heterocycles. The van der Waals surface area contributed by atoms with E-state index in [0.717, 1.165) is 15.4 Å². The van der Waals surface area contributed by atoms with Gasteiger partial charge in [0, 0.05) is 40.3 Å². The molecule has 0 aliphatic carbocycles. The Kier molecular flexibility index (Phi) is 5.99. The molecule has 7 nitrogen and oxygen atoms in total. The second kappa shape index (κ2) is 8.67. The number of carbonyl (C=O) groups is 1. The second-order valence-electron chi connectivity index (χ2n) is 7.37. The van der Waals surface area contributed by atoms with Crippen LogP contribution in [-0.2, 0) is 4.79 Å². The highest BCUT2D eigenvalue weighted by Gasteiger charge is 2.39. The molecule has 0 spiro atoms. The molecule has 1 saturated heterocycles. The number of nitrogens with zero attached hydrogens (tertiary/aromatic N) is 3. The smallest absolute Gasteiger partial charge is 0.229 e. The first-order chi connectivity index (χ1) is 14.4. The van der Waals surface area contributed by atoms with Crippen LogP contribution in [0.25, 0.3) is 10.6 Å². The van der Waals surface area contributed by atoms with Crippen LogP contribution in [0, 0.1) is 5.92 Å². The number of hydrogen-bond donors (Lipinski definition) is 3. The Labute approximate surface area is 183 Å². The van der Waals surface area contributed by atoms with Gasteiger partial charge in [0.25, 0.3) is 0 Å². The number of halogens is 1. The zero-order chi connectivity index (χ0) is 21.3. The lowest BCUT2D eigenvalue weighted by molar-refractivity contribution is -0.121. The number of amides is 1. The number of carbonyl (C=O) groups excluding carboxylic acids is 1. The maximum Gasteiger partial charge on any atom is 0.229 e. The monoisotopic (exact) mass is 443 g/mol. The fourth-order valence-corrected chi connectivity index (χ4v) is 4.59. The normalized spacial score (nSPS) is 20.6. The Bertz CT molecular complexity index is 1040. The molecule has 0 saturated carbocycles. The summed E-state index contributed by atoms with van der Waals surface area (Å²) in [6.07, 6.45) is 2.86. The first-order valence-electron chi connectivity index (χ1n) is 9.69. The third-order valence-corrected chi connectivity index (χ3v) is 6.71. The zero-order valence-electron chi connectivity index (χ0n) is 16.5. The molecule has 1 aliphatic rings. The summed E-state index contributed by atoms with van der Waals surface area (Å²) >= 11 is 7.54. The molecule has 3 heterocycles. The van der Waals surface area contributed by atoms with Gasteiger partial charge < -0.3 is 15.7 Å². The minimum atomic E-state index is -0.609. The predicted molar refractivity (Wildman–Crippen MR) is 118 cm³/mol. The lowest BCUT2D eigenvalue weighted by Crippen LogP contribution is -2.25. The number of benzene rings is 1. The van der Waals surface area contributed by atoms with Crippen molar-refractivity contribution in [2.75, 3.05) is 11.9 Å². The lowest BCUT2D eigenvalue weighted by atomic mass is 9.88. The number of aliphatic hydroxyl groups excluding tert-OH is 1. The zero-order valence-corrected chi connectivity index (χ0v) is 18.1. The van der Waals surface area contributed by atoms with Crippen LogP contribution in [0.4, 0.5) is 5.95 Å². The van der Waals surface area contributed by atoms with Crippen molar-refractivity contribution in [1.82, 2.24) is 20.3 Å². The highest BCUT2D eigenvalue weighted by molar-refractivity contribution is 7.15. The van der Waals surface area contributed by atoms with Crippen molar-refractivity contribution in [3.63, 3.8) is 0 Å². The van der Waals surface area contributed by atoms with E-state index in [0.29, 0.717) is 23.2 Å². The van der Waals surface area contributed by atoms with Crippen LogP contribution in [0.5, 0.6) is 0 Å². The molecule has 3 N–H and O–H groups in total. The van der Waals surface area contributed by atoms with Gasteiger partial charge in [-0.05, 0) is 32.0 Å². The molecular weight excluding hydrogens is 422 g/mol. The maximum absolute atomic E-state index is 12.3. The molecule has 9 heteroatoms. The van der Waals surface area contributed by atoms with E-state index in [2.05, 4.69) is 25.6 Å². The van der Waals surface area contributed by atoms with Crippen LogP contribution in [0.3, 0.4) is 0 Å². The van der Waals surface area contributed by atoms with Crippen molar-refractivity contribution in [2.45, 2.75) is 31.9 Å². The van der Waals surface area contributed by atoms with Gasteiger partial charge in [0.2, 0.25) is 11.9 Å². The van der Waals surface area contributed by atoms with Crippen LogP contribution in [-0.4, -0.2) is 38.6 Å². The summed E-state index contributed by atoms with van der Waals surface area (Å²) < 4.78 is 0. The summed E-state index contributed by atoms with van der Waals surface area (Å²) in [5, 5.41) is 17.7. The minimum Gasteiger partial charge on any atom is -0.393 e. The quantitative estimate of drug-likeness (QED) is 0.537. The van der Waals surface area contributed by atoms with Crippen LogP contribution in [0.1, 0.15) is 36.4 Å². The molecule has 0 radical (unpaired) electrons. The third-order valence-electron chi connectivity index (χ3n) is 5.23. The molecule has 1 aromatic carbocycles. The molecule has 3 aromatic rings. The topological polar surface area (TPSA) is 100 Å². The Morgan fingerprint density at radius 3 is 2.73 bits per heavy atom. The molecular formula is C21H22ClN5O2S. The Morgan fingerprint density at radius 2 is 2.00 bits per heavy atom. The fourth-order valence-electron chi connectivity index (χ4n) is 3.54. The largest absolute Gasteiger partial charge is 0.393 e. The van der Waals surface area contributed by atoms with Crippen molar-refractivity contribution in [1.29, 1.82) is 0 Å². The molecule has 156 valence electrons. The average Bonchev–Trinajstić information content (AvgIpc) is 3.36. The molecule has 2 aromatic heterocycles. The van der Waals surface area contributed by atoms with E-state index in [1.54, 1.807) is 30.5 Å². The standard InChI is InChI=1S/C21H22ClN5O2S/c1-11(17-10-25-20(30-17)13-3-5-14(22)6-4-13)26-21-23-8-7-16(27-21)18-15(12(2)28)9-24-19(18)29/h3-8,10-12,15,18,28H,9H2,1-2H3,(H,24,29)(H,23,26,27)/t11-,12-,15?,18+/m0/s1. The van der Waals surface area contributed by atoms with E-state index in [1.165, 1.54) is 0 Å². The molecule has 1 fully saturated rings. The summed E-state index contributed by atoms with van der Waals surface area (Å²) in [6.45, 7) is 4.15. The summed E-state index contributed by atoms with van der Waals surface area (Å²) in [6, 6.07) is 9.24. The van der Waals surface area contributed by atoms with E-state index in [9.17, 15) is 9.90 Å². The van der Waals surface area contributed by atoms with Gasteiger partial charge in [0.1, 0.15) is 5.01 Å². The van der Waals surface area contributed by atoms with Crippen molar-refractivity contribution < 1.29 is 9.90 Å². The van der Waals surface area contributed by atoms with Crippen LogP contribution in [0.15, 0.2) is 42.7 Å². The van der Waals surface area contributed by atoms with Gasteiger partial charge in [-0.3, -0.25) is 4.79 Å². The lowest BCUT2D eigenvalue weighted by Gasteiger charge is -2.19. The number of anilines is 1. The molecule has 30 heavy (non-hydrogen) atoms. The highest BCUT2D eigenvalue weighted by atomic mass is 35.5. The van der Waals surface area contributed by atoms with Crippen LogP contribution < -0.4 is 10.6 Å². The number of nitrogens with one attached hydrogen (secondary N) is 2. The average molecular weight is 444 g/mol. The van der Waals surface area contributed by atoms with Gasteiger partial charge >= 0.3 is 0 Å². The minimum absolute atomic E-state index is 0.0660. The van der Waals surface area contributed by atoms with E-state index in [1.807, 2.05) is 37.4 Å². The molecule has 4 atom stereocenters. The molecule has 1 unspecified atom stereocenters. The van der Waals surface area contributed by atoms with Gasteiger partial charge in [-0.2, -0.15) is 0 Å². The van der Waals surface area contributed by atoms with Gasteiger partial charge in [0.15, 0.2) is 0 Å². The van der Waals surface area contributed by atoms with Gasteiger partial charge in [0.05, 0.1) is 23.8 Å².